The van der Waals surface area contributed by atoms with E-state index >= 15 is 0 Å². The number of fused-ring (bicyclic) bond motifs is 1. The monoisotopic (exact) mass is 354 g/mol. The molecule has 0 aliphatic heterocycles. The highest BCUT2D eigenvalue weighted by atomic mass is 16.5. The number of carbonyl (C=O) groups is 1. The van der Waals surface area contributed by atoms with Gasteiger partial charge in [0.1, 0.15) is 5.56 Å². The number of methoxy groups -OCH3 is 3. The quantitative estimate of drug-likeness (QED) is 0.735. The Kier molecular flexibility index (Phi) is 4.79. The van der Waals surface area contributed by atoms with Gasteiger partial charge in [0.25, 0.3) is 11.5 Å². The lowest BCUT2D eigenvalue weighted by molar-refractivity contribution is 0.102. The standard InChI is InChI=1S/C19H18N2O5/c1-24-15-9-12(10-16(25-2)17(15)26-3)20-18(22)13-8-11-6-4-5-7-14(11)21-19(13)23/h4-10H,1-3H3,(H,20,22)(H,21,23). The Balaban J connectivity index is 1.98. The van der Waals surface area contributed by atoms with E-state index in [1.54, 1.807) is 24.3 Å². The van der Waals surface area contributed by atoms with Crippen LogP contribution in [0.5, 0.6) is 17.2 Å². The minimum atomic E-state index is -0.536. The van der Waals surface area contributed by atoms with Crippen molar-refractivity contribution in [2.24, 2.45) is 0 Å². The molecule has 1 aromatic heterocycles. The normalized spacial score (nSPS) is 10.4. The lowest BCUT2D eigenvalue weighted by Gasteiger charge is -2.14. The van der Waals surface area contributed by atoms with Crippen LogP contribution in [-0.2, 0) is 0 Å². The Bertz CT molecular complexity index is 1000. The van der Waals surface area contributed by atoms with E-state index in [1.807, 2.05) is 18.2 Å². The van der Waals surface area contributed by atoms with Crippen molar-refractivity contribution in [1.29, 1.82) is 0 Å². The van der Waals surface area contributed by atoms with Gasteiger partial charge in [-0.2, -0.15) is 0 Å². The molecule has 0 atom stereocenters. The number of amides is 1. The average Bonchev–Trinajstić information content (AvgIpc) is 2.66. The number of hydrogen-bond donors (Lipinski definition) is 2. The van der Waals surface area contributed by atoms with E-state index in [9.17, 15) is 9.59 Å². The number of pyridine rings is 1. The fourth-order valence-corrected chi connectivity index (χ4v) is 2.67. The second kappa shape index (κ2) is 7.18. The fourth-order valence-electron chi connectivity index (χ4n) is 2.67. The third-order valence-corrected chi connectivity index (χ3v) is 3.92. The molecule has 1 amide bonds. The summed E-state index contributed by atoms with van der Waals surface area (Å²) in [5.74, 6) is 0.673. The molecule has 1 heterocycles. The predicted molar refractivity (Wildman–Crippen MR) is 98.6 cm³/mol. The third-order valence-electron chi connectivity index (χ3n) is 3.92. The Morgan fingerprint density at radius 3 is 2.23 bits per heavy atom. The van der Waals surface area contributed by atoms with Crippen LogP contribution >= 0.6 is 0 Å². The summed E-state index contributed by atoms with van der Waals surface area (Å²) in [6.07, 6.45) is 0. The van der Waals surface area contributed by atoms with Crippen LogP contribution in [0.15, 0.2) is 47.3 Å². The smallest absolute Gasteiger partial charge is 0.261 e. The van der Waals surface area contributed by atoms with Crippen LogP contribution in [0.1, 0.15) is 10.4 Å². The van der Waals surface area contributed by atoms with E-state index in [0.717, 1.165) is 5.39 Å². The summed E-state index contributed by atoms with van der Waals surface area (Å²) in [5.41, 5.74) is 0.630. The second-order valence-corrected chi connectivity index (χ2v) is 5.47. The van der Waals surface area contributed by atoms with Gasteiger partial charge in [0.15, 0.2) is 11.5 Å². The Morgan fingerprint density at radius 1 is 0.962 bits per heavy atom. The van der Waals surface area contributed by atoms with Crippen molar-refractivity contribution in [2.45, 2.75) is 0 Å². The number of H-pyrrole nitrogens is 1. The maximum atomic E-state index is 12.6. The van der Waals surface area contributed by atoms with Crippen molar-refractivity contribution in [3.8, 4) is 17.2 Å². The Hall–Kier alpha value is -3.48. The van der Waals surface area contributed by atoms with Crippen LogP contribution < -0.4 is 25.1 Å². The highest BCUT2D eigenvalue weighted by Crippen LogP contribution is 2.39. The molecule has 0 fully saturated rings. The minimum Gasteiger partial charge on any atom is -0.493 e. The Morgan fingerprint density at radius 2 is 1.62 bits per heavy atom. The van der Waals surface area contributed by atoms with Gasteiger partial charge < -0.3 is 24.5 Å². The summed E-state index contributed by atoms with van der Waals surface area (Å²) in [5, 5.41) is 3.46. The van der Waals surface area contributed by atoms with E-state index in [2.05, 4.69) is 10.3 Å². The molecular formula is C19H18N2O5. The molecule has 7 nitrogen and oxygen atoms in total. The maximum absolute atomic E-state index is 12.6. The molecule has 2 aromatic carbocycles. The lowest BCUT2D eigenvalue weighted by Crippen LogP contribution is -2.23. The van der Waals surface area contributed by atoms with E-state index in [1.165, 1.54) is 21.3 Å². The van der Waals surface area contributed by atoms with Gasteiger partial charge in [-0.15, -0.1) is 0 Å². The zero-order valence-electron chi connectivity index (χ0n) is 14.6. The summed E-state index contributed by atoms with van der Waals surface area (Å²) in [7, 11) is 4.46. The number of aromatic nitrogens is 1. The molecular weight excluding hydrogens is 336 g/mol. The number of carbonyl (C=O) groups excluding carboxylic acids is 1. The molecule has 134 valence electrons. The first-order valence-electron chi connectivity index (χ1n) is 7.80. The van der Waals surface area contributed by atoms with E-state index in [-0.39, 0.29) is 5.56 Å². The molecule has 0 radical (unpaired) electrons. The summed E-state index contributed by atoms with van der Waals surface area (Å²) < 4.78 is 15.8. The third kappa shape index (κ3) is 3.19. The largest absolute Gasteiger partial charge is 0.493 e. The van der Waals surface area contributed by atoms with Crippen LogP contribution in [0.3, 0.4) is 0 Å². The topological polar surface area (TPSA) is 89.7 Å². The van der Waals surface area contributed by atoms with Crippen LogP contribution in [0.25, 0.3) is 10.9 Å². The molecule has 0 saturated carbocycles. The lowest BCUT2D eigenvalue weighted by atomic mass is 10.1. The number of benzene rings is 2. The molecule has 7 heteroatoms. The molecule has 0 unspecified atom stereocenters. The average molecular weight is 354 g/mol. The van der Waals surface area contributed by atoms with Crippen molar-refractivity contribution >= 4 is 22.5 Å². The van der Waals surface area contributed by atoms with Crippen molar-refractivity contribution in [3.63, 3.8) is 0 Å². The summed E-state index contributed by atoms with van der Waals surface area (Å²) in [6.45, 7) is 0. The van der Waals surface area contributed by atoms with E-state index in [4.69, 9.17) is 14.2 Å². The molecule has 3 aromatic rings. The molecule has 0 bridgehead atoms. The van der Waals surface area contributed by atoms with Gasteiger partial charge in [0.05, 0.1) is 21.3 Å². The highest BCUT2D eigenvalue weighted by molar-refractivity contribution is 6.06. The van der Waals surface area contributed by atoms with E-state index in [0.29, 0.717) is 28.5 Å². The first-order chi connectivity index (χ1) is 12.6. The van der Waals surface area contributed by atoms with Gasteiger partial charge in [0.2, 0.25) is 5.75 Å². The van der Waals surface area contributed by atoms with Gasteiger partial charge >= 0.3 is 0 Å². The van der Waals surface area contributed by atoms with Crippen LogP contribution in [0.4, 0.5) is 5.69 Å². The minimum absolute atomic E-state index is 0.0115. The zero-order chi connectivity index (χ0) is 18.7. The molecule has 0 aliphatic rings. The van der Waals surface area contributed by atoms with Crippen LogP contribution in [-0.4, -0.2) is 32.2 Å². The summed E-state index contributed by atoms with van der Waals surface area (Å²) in [4.78, 5) is 27.5. The first kappa shape index (κ1) is 17.3. The molecule has 0 saturated heterocycles. The van der Waals surface area contributed by atoms with Gasteiger partial charge in [0, 0.05) is 23.3 Å². The van der Waals surface area contributed by atoms with Crippen molar-refractivity contribution in [1.82, 2.24) is 4.98 Å². The van der Waals surface area contributed by atoms with Crippen molar-refractivity contribution in [2.75, 3.05) is 26.6 Å². The SMILES string of the molecule is COc1cc(NC(=O)c2cc3ccccc3[nH]c2=O)cc(OC)c1OC. The maximum Gasteiger partial charge on any atom is 0.261 e. The van der Waals surface area contributed by atoms with Crippen molar-refractivity contribution in [3.05, 3.63) is 58.4 Å². The van der Waals surface area contributed by atoms with Gasteiger partial charge in [-0.05, 0) is 17.5 Å². The zero-order valence-corrected chi connectivity index (χ0v) is 14.6. The number of hydrogen-bond acceptors (Lipinski definition) is 5. The number of ether oxygens (including phenoxy) is 3. The number of rotatable bonds is 5. The number of para-hydroxylation sites is 1. The summed E-state index contributed by atoms with van der Waals surface area (Å²) in [6, 6.07) is 12.0. The van der Waals surface area contributed by atoms with Gasteiger partial charge in [-0.3, -0.25) is 9.59 Å². The molecule has 0 spiro atoms. The molecule has 3 rings (SSSR count). The van der Waals surface area contributed by atoms with Crippen LogP contribution in [0.2, 0.25) is 0 Å². The van der Waals surface area contributed by atoms with Gasteiger partial charge in [-0.25, -0.2) is 0 Å². The van der Waals surface area contributed by atoms with Crippen molar-refractivity contribution < 1.29 is 19.0 Å². The van der Waals surface area contributed by atoms with E-state index < -0.39 is 11.5 Å². The van der Waals surface area contributed by atoms with Gasteiger partial charge in [-0.1, -0.05) is 18.2 Å². The highest BCUT2D eigenvalue weighted by Gasteiger charge is 2.17. The number of aromatic amines is 1. The second-order valence-electron chi connectivity index (χ2n) is 5.47. The Labute approximate surface area is 149 Å². The molecule has 26 heavy (non-hydrogen) atoms. The first-order valence-corrected chi connectivity index (χ1v) is 7.80. The van der Waals surface area contributed by atoms with Crippen LogP contribution in [0, 0.1) is 0 Å². The predicted octanol–water partition coefficient (Wildman–Crippen LogP) is 2.81. The number of anilines is 1. The number of nitrogens with one attached hydrogen (secondary N) is 2. The molecule has 2 N–H and O–H groups in total. The summed E-state index contributed by atoms with van der Waals surface area (Å²) >= 11 is 0. The fraction of sp³-hybridized carbons (Fsp3) is 0.158. The molecule has 0 aliphatic carbocycles.